The van der Waals surface area contributed by atoms with Gasteiger partial charge in [0.2, 0.25) is 10.1 Å². The average Bonchev–Trinajstić information content (AvgIpc) is 2.84. The molecule has 0 fully saturated rings. The molecule has 0 unspecified atom stereocenters. The van der Waals surface area contributed by atoms with E-state index in [9.17, 15) is 4.79 Å². The van der Waals surface area contributed by atoms with E-state index >= 15 is 0 Å². The van der Waals surface area contributed by atoms with E-state index < -0.39 is 0 Å². The lowest BCUT2D eigenvalue weighted by Crippen LogP contribution is -2.22. The fraction of sp³-hybridized carbons (Fsp3) is 0.250. The van der Waals surface area contributed by atoms with Gasteiger partial charge in [-0.05, 0) is 6.92 Å². The Morgan fingerprint density at radius 3 is 2.88 bits per heavy atom. The zero-order chi connectivity index (χ0) is 11.5. The number of thiazole rings is 1. The van der Waals surface area contributed by atoms with Crippen molar-refractivity contribution in [3.8, 4) is 0 Å². The molecule has 6 nitrogen and oxygen atoms in total. The summed E-state index contributed by atoms with van der Waals surface area (Å²) in [4.78, 5) is 16.8. The van der Waals surface area contributed by atoms with Crippen molar-refractivity contribution in [1.29, 1.82) is 0 Å². The second-order valence-electron chi connectivity index (χ2n) is 2.99. The number of carbonyl (C=O) groups excluding carboxylic acids is 1. The number of carbonyl (C=O) groups is 1. The summed E-state index contributed by atoms with van der Waals surface area (Å²) < 4.78 is 0. The van der Waals surface area contributed by atoms with Crippen molar-refractivity contribution in [3.05, 3.63) is 21.1 Å². The van der Waals surface area contributed by atoms with E-state index in [1.807, 2.05) is 6.92 Å². The molecule has 0 atom stereocenters. The van der Waals surface area contributed by atoms with Crippen LogP contribution in [0.4, 0.5) is 5.13 Å². The summed E-state index contributed by atoms with van der Waals surface area (Å²) in [5, 5.41) is 11.3. The largest absolute Gasteiger partial charge is 0.374 e. The molecular formula is C8H9N5OS2. The number of rotatable bonds is 3. The highest BCUT2D eigenvalue weighted by molar-refractivity contribution is 7.16. The number of anilines is 1. The van der Waals surface area contributed by atoms with Crippen LogP contribution in [-0.4, -0.2) is 21.1 Å². The van der Waals surface area contributed by atoms with Gasteiger partial charge in [0.25, 0.3) is 5.91 Å². The monoisotopic (exact) mass is 255 g/mol. The van der Waals surface area contributed by atoms with E-state index in [-0.39, 0.29) is 16.0 Å². The van der Waals surface area contributed by atoms with Crippen LogP contribution in [-0.2, 0) is 6.54 Å². The van der Waals surface area contributed by atoms with Crippen LogP contribution in [0.2, 0.25) is 0 Å². The Bertz CT molecular complexity index is 506. The van der Waals surface area contributed by atoms with E-state index in [2.05, 4.69) is 20.5 Å². The number of aryl methyl sites for hydroxylation is 1. The summed E-state index contributed by atoms with van der Waals surface area (Å²) in [6.45, 7) is 2.37. The minimum atomic E-state index is -0.276. The molecule has 2 rings (SSSR count). The van der Waals surface area contributed by atoms with Gasteiger partial charge in [-0.15, -0.1) is 21.5 Å². The Hall–Kier alpha value is -1.54. The van der Waals surface area contributed by atoms with Crippen LogP contribution in [0, 0.1) is 6.92 Å². The number of nitrogens with one attached hydrogen (secondary N) is 1. The van der Waals surface area contributed by atoms with E-state index in [0.717, 1.165) is 21.2 Å². The predicted molar refractivity (Wildman–Crippen MR) is 62.3 cm³/mol. The standard InChI is InChI=1S/C8H9N5OS2/c1-4-2-10-5(15-4)3-11-6(14)7-12-13-8(9)16-7/h2H,3H2,1H3,(H2,9,13)(H,11,14). The number of hydrogen-bond acceptors (Lipinski definition) is 7. The summed E-state index contributed by atoms with van der Waals surface area (Å²) >= 11 is 2.61. The fourth-order valence-corrected chi connectivity index (χ4v) is 2.29. The van der Waals surface area contributed by atoms with Crippen molar-refractivity contribution in [1.82, 2.24) is 20.5 Å². The van der Waals surface area contributed by atoms with Gasteiger partial charge in [-0.1, -0.05) is 11.3 Å². The van der Waals surface area contributed by atoms with Crippen LogP contribution in [0.5, 0.6) is 0 Å². The average molecular weight is 255 g/mol. The van der Waals surface area contributed by atoms with Gasteiger partial charge in [-0.2, -0.15) is 0 Å². The molecule has 0 radical (unpaired) electrons. The number of aromatic nitrogens is 3. The van der Waals surface area contributed by atoms with E-state index in [1.165, 1.54) is 0 Å². The second kappa shape index (κ2) is 4.54. The summed E-state index contributed by atoms with van der Waals surface area (Å²) in [7, 11) is 0. The lowest BCUT2D eigenvalue weighted by atomic mass is 10.6. The zero-order valence-electron chi connectivity index (χ0n) is 8.43. The van der Waals surface area contributed by atoms with Gasteiger partial charge >= 0.3 is 0 Å². The molecule has 2 aromatic rings. The highest BCUT2D eigenvalue weighted by Gasteiger charge is 2.11. The van der Waals surface area contributed by atoms with Crippen molar-refractivity contribution in [2.75, 3.05) is 5.73 Å². The van der Waals surface area contributed by atoms with Crippen LogP contribution in [0.1, 0.15) is 19.7 Å². The highest BCUT2D eigenvalue weighted by atomic mass is 32.1. The Balaban J connectivity index is 1.93. The van der Waals surface area contributed by atoms with Crippen molar-refractivity contribution in [3.63, 3.8) is 0 Å². The number of nitrogens with zero attached hydrogens (tertiary/aromatic N) is 3. The third kappa shape index (κ3) is 2.52. The quantitative estimate of drug-likeness (QED) is 0.846. The maximum atomic E-state index is 11.6. The topological polar surface area (TPSA) is 93.8 Å². The first-order valence-corrected chi connectivity index (χ1v) is 6.07. The summed E-state index contributed by atoms with van der Waals surface area (Å²) in [6.07, 6.45) is 1.77. The maximum Gasteiger partial charge on any atom is 0.282 e. The Labute approximate surface area is 99.5 Å². The number of hydrogen-bond donors (Lipinski definition) is 2. The van der Waals surface area contributed by atoms with Crippen molar-refractivity contribution in [2.24, 2.45) is 0 Å². The minimum absolute atomic E-state index is 0.269. The smallest absolute Gasteiger partial charge is 0.282 e. The van der Waals surface area contributed by atoms with Crippen LogP contribution in [0.15, 0.2) is 6.20 Å². The molecule has 0 spiro atoms. The summed E-state index contributed by atoms with van der Waals surface area (Å²) in [5.41, 5.74) is 5.38. The van der Waals surface area contributed by atoms with Gasteiger partial charge in [-0.3, -0.25) is 4.79 Å². The first kappa shape index (κ1) is 11.0. The molecular weight excluding hydrogens is 246 g/mol. The van der Waals surface area contributed by atoms with Gasteiger partial charge in [0, 0.05) is 11.1 Å². The molecule has 2 heterocycles. The van der Waals surface area contributed by atoms with E-state index in [0.29, 0.717) is 6.54 Å². The normalized spacial score (nSPS) is 10.3. The first-order chi connectivity index (χ1) is 7.65. The molecule has 16 heavy (non-hydrogen) atoms. The van der Waals surface area contributed by atoms with E-state index in [4.69, 9.17) is 5.73 Å². The minimum Gasteiger partial charge on any atom is -0.374 e. The number of amides is 1. The Morgan fingerprint density at radius 1 is 1.50 bits per heavy atom. The fourth-order valence-electron chi connectivity index (χ4n) is 1.04. The van der Waals surface area contributed by atoms with Gasteiger partial charge < -0.3 is 11.1 Å². The molecule has 0 saturated carbocycles. The van der Waals surface area contributed by atoms with Crippen molar-refractivity contribution < 1.29 is 4.79 Å². The van der Waals surface area contributed by atoms with E-state index in [1.54, 1.807) is 17.5 Å². The molecule has 0 bridgehead atoms. The zero-order valence-corrected chi connectivity index (χ0v) is 10.1. The molecule has 0 saturated heterocycles. The van der Waals surface area contributed by atoms with Crippen LogP contribution in [0.3, 0.4) is 0 Å². The van der Waals surface area contributed by atoms with Crippen molar-refractivity contribution in [2.45, 2.75) is 13.5 Å². The molecule has 2 aromatic heterocycles. The molecule has 84 valence electrons. The molecule has 8 heteroatoms. The Kier molecular flexibility index (Phi) is 3.11. The summed E-state index contributed by atoms with van der Waals surface area (Å²) in [5.74, 6) is -0.276. The third-order valence-electron chi connectivity index (χ3n) is 1.70. The molecule has 0 aliphatic carbocycles. The van der Waals surface area contributed by atoms with Gasteiger partial charge in [-0.25, -0.2) is 4.98 Å². The maximum absolute atomic E-state index is 11.6. The Morgan fingerprint density at radius 2 is 2.31 bits per heavy atom. The van der Waals surface area contributed by atoms with Gasteiger partial charge in [0.05, 0.1) is 6.54 Å². The molecule has 3 N–H and O–H groups in total. The highest BCUT2D eigenvalue weighted by Crippen LogP contribution is 2.12. The second-order valence-corrected chi connectivity index (χ2v) is 5.32. The lowest BCUT2D eigenvalue weighted by Gasteiger charge is -1.98. The lowest BCUT2D eigenvalue weighted by molar-refractivity contribution is 0.0950. The third-order valence-corrected chi connectivity index (χ3v) is 3.37. The molecule has 0 aliphatic heterocycles. The number of nitrogen functional groups attached to an aromatic ring is 1. The van der Waals surface area contributed by atoms with Crippen molar-refractivity contribution >= 4 is 33.7 Å². The predicted octanol–water partition coefficient (Wildman–Crippen LogP) is 0.815. The summed E-state index contributed by atoms with van der Waals surface area (Å²) in [6, 6.07) is 0. The van der Waals surface area contributed by atoms with Crippen LogP contribution in [0.25, 0.3) is 0 Å². The number of nitrogens with two attached hydrogens (primary N) is 1. The first-order valence-electron chi connectivity index (χ1n) is 4.43. The van der Waals surface area contributed by atoms with Gasteiger partial charge in [0.15, 0.2) is 0 Å². The van der Waals surface area contributed by atoms with Gasteiger partial charge in [0.1, 0.15) is 5.01 Å². The van der Waals surface area contributed by atoms with Crippen LogP contribution >= 0.6 is 22.7 Å². The molecule has 0 aliphatic rings. The van der Waals surface area contributed by atoms with Crippen LogP contribution < -0.4 is 11.1 Å². The molecule has 0 aromatic carbocycles. The molecule has 1 amide bonds. The SMILES string of the molecule is Cc1cnc(CNC(=O)c2nnc(N)s2)s1.